The standard InChI is InChI=1S/C24H34N2O4/c1-16-8-6-10-21(18(16)3)26-14-20(13-23(26)28)24(29)30-15-22(27)25-12-11-19-9-5-4-7-17(19)2/h4-5,7,9,16,18,20-21H,6,8,10-15H2,1-3H3,(H,25,27)/t16-,18-,20+,21+/m0/s1. The van der Waals surface area contributed by atoms with Crippen LogP contribution in [0.1, 0.15) is 50.7 Å². The third kappa shape index (κ3) is 5.41. The number of aryl methyl sites for hydroxylation is 1. The number of ether oxygens (including phenoxy) is 1. The van der Waals surface area contributed by atoms with Crippen molar-refractivity contribution in [1.82, 2.24) is 10.2 Å². The second-order valence-corrected chi connectivity index (χ2v) is 8.92. The number of amides is 2. The number of hydrogen-bond acceptors (Lipinski definition) is 4. The van der Waals surface area contributed by atoms with Gasteiger partial charge in [-0.25, -0.2) is 0 Å². The van der Waals surface area contributed by atoms with Crippen LogP contribution < -0.4 is 5.32 Å². The van der Waals surface area contributed by atoms with Crippen molar-refractivity contribution in [2.75, 3.05) is 19.7 Å². The molecule has 1 aliphatic heterocycles. The molecule has 3 rings (SSSR count). The molecule has 1 aromatic rings. The van der Waals surface area contributed by atoms with Crippen molar-refractivity contribution >= 4 is 17.8 Å². The molecule has 164 valence electrons. The number of benzene rings is 1. The lowest BCUT2D eigenvalue weighted by Gasteiger charge is -2.39. The highest BCUT2D eigenvalue weighted by molar-refractivity contribution is 5.88. The molecule has 0 bridgehead atoms. The summed E-state index contributed by atoms with van der Waals surface area (Å²) in [5, 5.41) is 2.79. The van der Waals surface area contributed by atoms with Crippen molar-refractivity contribution in [3.05, 3.63) is 35.4 Å². The highest BCUT2D eigenvalue weighted by atomic mass is 16.5. The summed E-state index contributed by atoms with van der Waals surface area (Å²) in [6, 6.07) is 8.26. The first-order chi connectivity index (χ1) is 14.4. The Morgan fingerprint density at radius 2 is 1.97 bits per heavy atom. The van der Waals surface area contributed by atoms with Gasteiger partial charge in [0, 0.05) is 25.6 Å². The molecule has 0 aromatic heterocycles. The zero-order chi connectivity index (χ0) is 21.7. The van der Waals surface area contributed by atoms with E-state index in [0.29, 0.717) is 24.9 Å². The van der Waals surface area contributed by atoms with E-state index < -0.39 is 11.9 Å². The van der Waals surface area contributed by atoms with Crippen molar-refractivity contribution in [2.45, 2.75) is 58.9 Å². The monoisotopic (exact) mass is 414 g/mol. The van der Waals surface area contributed by atoms with E-state index in [-0.39, 0.29) is 30.9 Å². The minimum Gasteiger partial charge on any atom is -0.455 e. The molecule has 0 unspecified atom stereocenters. The van der Waals surface area contributed by atoms with Gasteiger partial charge in [0.2, 0.25) is 5.91 Å². The average Bonchev–Trinajstić information content (AvgIpc) is 3.11. The Hall–Kier alpha value is -2.37. The van der Waals surface area contributed by atoms with E-state index in [1.807, 2.05) is 36.1 Å². The van der Waals surface area contributed by atoms with Crippen molar-refractivity contribution in [3.8, 4) is 0 Å². The molecule has 2 amide bonds. The molecule has 0 radical (unpaired) electrons. The average molecular weight is 415 g/mol. The predicted octanol–water partition coefficient (Wildman–Crippen LogP) is 2.87. The number of carbonyl (C=O) groups is 3. The van der Waals surface area contributed by atoms with Gasteiger partial charge in [0.15, 0.2) is 6.61 Å². The maximum Gasteiger partial charge on any atom is 0.311 e. The number of likely N-dealkylation sites (tertiary alicyclic amines) is 1. The van der Waals surface area contributed by atoms with Gasteiger partial charge in [-0.15, -0.1) is 0 Å². The Morgan fingerprint density at radius 1 is 1.20 bits per heavy atom. The number of esters is 1. The minimum atomic E-state index is -0.471. The van der Waals surface area contributed by atoms with E-state index in [2.05, 4.69) is 19.2 Å². The molecule has 1 saturated carbocycles. The van der Waals surface area contributed by atoms with Crippen LogP contribution in [0.4, 0.5) is 0 Å². The zero-order valence-corrected chi connectivity index (χ0v) is 18.4. The van der Waals surface area contributed by atoms with Gasteiger partial charge in [0.25, 0.3) is 5.91 Å². The van der Waals surface area contributed by atoms with E-state index >= 15 is 0 Å². The summed E-state index contributed by atoms with van der Waals surface area (Å²) in [6.07, 6.45) is 4.24. The summed E-state index contributed by atoms with van der Waals surface area (Å²) < 4.78 is 5.22. The summed E-state index contributed by atoms with van der Waals surface area (Å²) >= 11 is 0. The number of nitrogens with one attached hydrogen (secondary N) is 1. The predicted molar refractivity (Wildman–Crippen MR) is 115 cm³/mol. The van der Waals surface area contributed by atoms with Crippen LogP contribution >= 0.6 is 0 Å². The fraction of sp³-hybridized carbons (Fsp3) is 0.625. The van der Waals surface area contributed by atoms with Gasteiger partial charge in [0.1, 0.15) is 0 Å². The fourth-order valence-electron chi connectivity index (χ4n) is 4.74. The van der Waals surface area contributed by atoms with E-state index in [4.69, 9.17) is 4.74 Å². The summed E-state index contributed by atoms with van der Waals surface area (Å²) in [7, 11) is 0. The first kappa shape index (κ1) is 22.3. The molecular formula is C24H34N2O4. The Balaban J connectivity index is 1.41. The lowest BCUT2D eigenvalue weighted by atomic mass is 9.77. The molecule has 1 aromatic carbocycles. The molecule has 30 heavy (non-hydrogen) atoms. The van der Waals surface area contributed by atoms with E-state index in [0.717, 1.165) is 19.3 Å². The summed E-state index contributed by atoms with van der Waals surface area (Å²) in [5.74, 6) is -0.168. The van der Waals surface area contributed by atoms with Crippen LogP contribution in [0, 0.1) is 24.7 Å². The van der Waals surface area contributed by atoms with Crippen LogP contribution in [0.5, 0.6) is 0 Å². The molecule has 6 heteroatoms. The van der Waals surface area contributed by atoms with Crippen LogP contribution in [0.25, 0.3) is 0 Å². The second kappa shape index (κ2) is 10.1. The first-order valence-corrected chi connectivity index (χ1v) is 11.1. The number of rotatable bonds is 7. The highest BCUT2D eigenvalue weighted by Crippen LogP contribution is 2.35. The third-order valence-corrected chi connectivity index (χ3v) is 6.88. The van der Waals surface area contributed by atoms with Crippen LogP contribution in [0.3, 0.4) is 0 Å². The van der Waals surface area contributed by atoms with Gasteiger partial charge in [-0.1, -0.05) is 51.0 Å². The highest BCUT2D eigenvalue weighted by Gasteiger charge is 2.42. The summed E-state index contributed by atoms with van der Waals surface area (Å²) in [6.45, 7) is 7.09. The quantitative estimate of drug-likeness (QED) is 0.696. The van der Waals surface area contributed by atoms with Crippen molar-refractivity contribution in [2.24, 2.45) is 17.8 Å². The topological polar surface area (TPSA) is 75.7 Å². The van der Waals surface area contributed by atoms with Crippen LogP contribution in [-0.4, -0.2) is 48.4 Å². The summed E-state index contributed by atoms with van der Waals surface area (Å²) in [4.78, 5) is 38.9. The van der Waals surface area contributed by atoms with E-state index in [1.54, 1.807) is 0 Å². The Kier molecular flexibility index (Phi) is 7.51. The van der Waals surface area contributed by atoms with Crippen LogP contribution in [0.2, 0.25) is 0 Å². The minimum absolute atomic E-state index is 0.0329. The van der Waals surface area contributed by atoms with Crippen molar-refractivity contribution in [1.29, 1.82) is 0 Å². The van der Waals surface area contributed by atoms with E-state index in [1.165, 1.54) is 17.5 Å². The van der Waals surface area contributed by atoms with Gasteiger partial charge in [-0.2, -0.15) is 0 Å². The van der Waals surface area contributed by atoms with E-state index in [9.17, 15) is 14.4 Å². The smallest absolute Gasteiger partial charge is 0.311 e. The van der Waals surface area contributed by atoms with Gasteiger partial charge < -0.3 is 15.0 Å². The molecular weight excluding hydrogens is 380 g/mol. The maximum absolute atomic E-state index is 12.5. The molecule has 4 atom stereocenters. The molecule has 2 fully saturated rings. The Labute approximate surface area is 179 Å². The first-order valence-electron chi connectivity index (χ1n) is 11.1. The van der Waals surface area contributed by atoms with Gasteiger partial charge >= 0.3 is 5.97 Å². The summed E-state index contributed by atoms with van der Waals surface area (Å²) in [5.41, 5.74) is 2.38. The fourth-order valence-corrected chi connectivity index (χ4v) is 4.74. The molecule has 2 aliphatic rings. The number of carbonyl (C=O) groups excluding carboxylic acids is 3. The Morgan fingerprint density at radius 3 is 2.73 bits per heavy atom. The number of nitrogens with zero attached hydrogens (tertiary/aromatic N) is 1. The Bertz CT molecular complexity index is 778. The lowest BCUT2D eigenvalue weighted by Crippen LogP contribution is -2.45. The van der Waals surface area contributed by atoms with Gasteiger partial charge in [-0.3, -0.25) is 14.4 Å². The normalized spacial score (nSPS) is 26.5. The zero-order valence-electron chi connectivity index (χ0n) is 18.4. The van der Waals surface area contributed by atoms with Crippen LogP contribution in [0.15, 0.2) is 24.3 Å². The van der Waals surface area contributed by atoms with Crippen molar-refractivity contribution < 1.29 is 19.1 Å². The third-order valence-electron chi connectivity index (χ3n) is 6.88. The van der Waals surface area contributed by atoms with Crippen LogP contribution in [-0.2, 0) is 25.5 Å². The molecule has 0 spiro atoms. The molecule has 6 nitrogen and oxygen atoms in total. The van der Waals surface area contributed by atoms with Gasteiger partial charge in [-0.05, 0) is 42.7 Å². The molecule has 1 aliphatic carbocycles. The lowest BCUT2D eigenvalue weighted by molar-refractivity contribution is -0.152. The number of hydrogen-bond donors (Lipinski definition) is 1. The second-order valence-electron chi connectivity index (χ2n) is 8.92. The molecule has 1 N–H and O–H groups in total. The molecule has 1 saturated heterocycles. The van der Waals surface area contributed by atoms with Crippen molar-refractivity contribution in [3.63, 3.8) is 0 Å². The SMILES string of the molecule is Cc1ccccc1CCNC(=O)COC(=O)[C@@H]1CC(=O)N([C@@H]2CCC[C@H](C)[C@@H]2C)C1. The van der Waals surface area contributed by atoms with Gasteiger partial charge in [0.05, 0.1) is 5.92 Å². The largest absolute Gasteiger partial charge is 0.455 e. The molecule has 1 heterocycles. The maximum atomic E-state index is 12.5.